The Kier molecular flexibility index (Phi) is 4.88. The van der Waals surface area contributed by atoms with Crippen molar-refractivity contribution in [3.05, 3.63) is 192 Å². The van der Waals surface area contributed by atoms with Crippen molar-refractivity contribution in [3.8, 4) is 5.69 Å². The number of rotatable bonds is 5. The zero-order valence-corrected chi connectivity index (χ0v) is 28.8. The van der Waals surface area contributed by atoms with Gasteiger partial charge in [-0.05, 0) is 0 Å². The number of fused-ring (bicyclic) bond motifs is 7. The van der Waals surface area contributed by atoms with Crippen LogP contribution in [0, 0.1) is 0 Å². The number of aromatic nitrogens is 1. The summed E-state index contributed by atoms with van der Waals surface area (Å²) >= 11 is 0. The van der Waals surface area contributed by atoms with Crippen molar-refractivity contribution in [2.24, 2.45) is 0 Å². The van der Waals surface area contributed by atoms with Gasteiger partial charge in [-0.25, -0.2) is 0 Å². The molecule has 1 aromatic heterocycles. The van der Waals surface area contributed by atoms with E-state index in [1.54, 1.807) is 5.30 Å². The van der Waals surface area contributed by atoms with Crippen LogP contribution in [-0.4, -0.2) is 37.0 Å². The summed E-state index contributed by atoms with van der Waals surface area (Å²) in [5.74, 6) is 0. The minimum absolute atomic E-state index is 0.138. The van der Waals surface area contributed by atoms with Crippen LogP contribution < -0.4 is 26.8 Å². The van der Waals surface area contributed by atoms with Crippen LogP contribution in [0.5, 0.6) is 0 Å². The molecule has 0 saturated carbocycles. The van der Waals surface area contributed by atoms with Gasteiger partial charge >= 0.3 is 301 Å². The third kappa shape index (κ3) is 2.86. The Bertz CT molecular complexity index is 2760. The maximum atomic E-state index is 4.32. The van der Waals surface area contributed by atoms with E-state index < -0.39 is 11.8 Å². The Morgan fingerprint density at radius 3 is 1.88 bits per heavy atom. The first-order valence-corrected chi connectivity index (χ1v) is 20.8. The van der Waals surface area contributed by atoms with E-state index in [0.717, 1.165) is 18.6 Å². The van der Waals surface area contributed by atoms with Crippen LogP contribution in [0.15, 0.2) is 170 Å². The molecule has 7 aromatic carbocycles. The summed E-state index contributed by atoms with van der Waals surface area (Å²) in [6, 6.07) is 64.4. The zero-order chi connectivity index (χ0) is 33.1. The second-order valence-corrected chi connectivity index (χ2v) is 20.6. The summed E-state index contributed by atoms with van der Waals surface area (Å²) in [6.07, 6.45) is -0.0508. The first-order chi connectivity index (χ1) is 25.3. The molecule has 4 saturated heterocycles. The third-order valence-electron chi connectivity index (χ3n) is 13.8. The van der Waals surface area contributed by atoms with Crippen molar-refractivity contribution in [2.75, 3.05) is 5.09 Å². The molecule has 6 aliphatic heterocycles. The van der Waals surface area contributed by atoms with Crippen molar-refractivity contribution in [2.45, 2.75) is 5.41 Å². The van der Waals surface area contributed by atoms with Crippen LogP contribution in [-0.2, 0) is 5.41 Å². The van der Waals surface area contributed by atoms with Gasteiger partial charge < -0.3 is 0 Å². The topological polar surface area (TPSA) is 17.0 Å². The molecule has 2 bridgehead atoms. The minimum atomic E-state index is -2.30. The van der Waals surface area contributed by atoms with Crippen LogP contribution in [0.1, 0.15) is 22.3 Å². The Balaban J connectivity index is 1.16. The second kappa shape index (κ2) is 9.03. The van der Waals surface area contributed by atoms with E-state index in [4.69, 9.17) is 0 Å². The third-order valence-corrected chi connectivity index (χ3v) is 20.8. The molecule has 0 atom stereocenters. The molecular formula is C43H29B5N2P-. The van der Waals surface area contributed by atoms with Gasteiger partial charge in [0.1, 0.15) is 0 Å². The number of nitrogens with zero attached hydrogens (tertiary/aromatic N) is 1. The summed E-state index contributed by atoms with van der Waals surface area (Å²) < 4.78 is 2.66. The predicted octanol–water partition coefficient (Wildman–Crippen LogP) is 6.38. The first-order valence-electron chi connectivity index (χ1n) is 18.4. The molecule has 8 aromatic rings. The fourth-order valence-corrected chi connectivity index (χ4v) is 20.0. The van der Waals surface area contributed by atoms with E-state index in [9.17, 15) is 0 Å². The van der Waals surface area contributed by atoms with Crippen LogP contribution in [0.25, 0.3) is 27.5 Å². The second-order valence-electron chi connectivity index (χ2n) is 15.5. The molecule has 8 heteroatoms. The van der Waals surface area contributed by atoms with Crippen molar-refractivity contribution in [1.82, 2.24) is 4.57 Å². The molecule has 0 amide bonds. The van der Waals surface area contributed by atoms with Crippen molar-refractivity contribution >= 4 is 88.0 Å². The van der Waals surface area contributed by atoms with E-state index >= 15 is 0 Å². The average Bonchev–Trinajstić information content (AvgIpc) is 3.77. The summed E-state index contributed by atoms with van der Waals surface area (Å²) in [5, 5.41) is 8.81. The summed E-state index contributed by atoms with van der Waals surface area (Å²) in [4.78, 5) is 0. The molecule has 6 aliphatic rings. The molecule has 2 radical (unpaired) electrons. The zero-order valence-electron chi connectivity index (χ0n) is 27.9. The molecule has 14 rings (SSSR count). The molecule has 7 heterocycles. The Hall–Kier alpha value is -5.11. The average molecular weight is 659 g/mol. The van der Waals surface area contributed by atoms with Gasteiger partial charge in [-0.15, -0.1) is 0 Å². The Labute approximate surface area is 299 Å². The molecule has 0 spiro atoms. The number of hydrogen-bond donors (Lipinski definition) is 1. The monoisotopic (exact) mass is 659 g/mol. The quantitative estimate of drug-likeness (QED) is 0.168. The molecule has 0 unspecified atom stereocenters. The molecule has 1 N–H and O–H groups in total. The van der Waals surface area contributed by atoms with Gasteiger partial charge in [-0.2, -0.15) is 0 Å². The van der Waals surface area contributed by atoms with E-state index in [-0.39, 0.29) is 6.71 Å². The van der Waals surface area contributed by atoms with Crippen LogP contribution in [0.3, 0.4) is 0 Å². The molecule has 0 aliphatic carbocycles. The summed E-state index contributed by atoms with van der Waals surface area (Å²) in [5.41, 5.74) is 14.5. The first kappa shape index (κ1) is 27.6. The number of nitrogens with one attached hydrogen (secondary N) is 1. The Morgan fingerprint density at radius 1 is 0.569 bits per heavy atom. The van der Waals surface area contributed by atoms with Gasteiger partial charge in [0.25, 0.3) is 0 Å². The van der Waals surface area contributed by atoms with E-state index in [1.807, 2.05) is 0 Å². The van der Waals surface area contributed by atoms with Crippen LogP contribution in [0.4, 0.5) is 5.69 Å². The fraction of sp³-hybridized carbons (Fsp3) is 0.0233. The van der Waals surface area contributed by atoms with Crippen molar-refractivity contribution in [1.29, 1.82) is 0 Å². The maximum absolute atomic E-state index is 4.32. The van der Waals surface area contributed by atoms with Crippen LogP contribution in [0.2, 0.25) is 0 Å². The van der Waals surface area contributed by atoms with E-state index in [0.29, 0.717) is 0 Å². The molecule has 51 heavy (non-hydrogen) atoms. The predicted molar refractivity (Wildman–Crippen MR) is 223 cm³/mol. The molecular weight excluding hydrogens is 630 g/mol. The standard InChI is InChI=1S/C43H29B5N2P/c1-4-15-29(16-5-1)43(30-17-6-2-7-18-30)33-22-10-11-24-35(33)45-36-25-12-21-32-40-37(50(42(32)36)38-27-13-23-34(43)41(38)45)26-14-28-39(40)51(46-44-47(51)48(46)51)49-31-19-8-3-9-20-31/h1-28,49H/q-1. The summed E-state index contributed by atoms with van der Waals surface area (Å²) in [7, 11) is 2.64. The van der Waals surface area contributed by atoms with Gasteiger partial charge in [-0.3, -0.25) is 0 Å². The molecule has 4 fully saturated rings. The van der Waals surface area contributed by atoms with Gasteiger partial charge in [0.05, 0.1) is 0 Å². The molecule has 2 nitrogen and oxygen atoms in total. The van der Waals surface area contributed by atoms with Crippen LogP contribution >= 0.6 is 6.39 Å². The SMILES string of the molecule is [B-]1B2B3B1P23(Nc1ccccc1)c1cccc2c1c1cccc3c1n2-c1cccc2c1B3c1ccccc1C2(c1ccccc1)c1ccccc1. The number of benzene rings is 7. The van der Waals surface area contributed by atoms with Gasteiger partial charge in [-0.1, -0.05) is 0 Å². The number of hydrogen-bond acceptors (Lipinski definition) is 1. The van der Waals surface area contributed by atoms with Gasteiger partial charge in [0.15, 0.2) is 0 Å². The van der Waals surface area contributed by atoms with Gasteiger partial charge in [0.2, 0.25) is 0 Å². The summed E-state index contributed by atoms with van der Waals surface area (Å²) in [6.45, 7) is 0.138. The Morgan fingerprint density at radius 2 is 1.18 bits per heavy atom. The number of anilines is 1. The van der Waals surface area contributed by atoms with Crippen molar-refractivity contribution in [3.63, 3.8) is 0 Å². The fourth-order valence-electron chi connectivity index (χ4n) is 11.8. The van der Waals surface area contributed by atoms with E-state index in [1.165, 1.54) is 71.8 Å². The van der Waals surface area contributed by atoms with Crippen molar-refractivity contribution < 1.29 is 0 Å². The van der Waals surface area contributed by atoms with Gasteiger partial charge in [0, 0.05) is 0 Å². The van der Waals surface area contributed by atoms with E-state index in [2.05, 4.69) is 187 Å². The molecule has 232 valence electrons. The number of para-hydroxylation sites is 2. The normalized spacial score (nSPS) is 18.9.